The lowest BCUT2D eigenvalue weighted by atomic mass is 9.95. The van der Waals surface area contributed by atoms with Crippen molar-refractivity contribution >= 4 is 35.0 Å². The summed E-state index contributed by atoms with van der Waals surface area (Å²) < 4.78 is 5.94. The molecule has 4 rings (SSSR count). The molecule has 2 aliphatic rings. The Balaban J connectivity index is 1.37. The number of fused-ring (bicyclic) bond motifs is 2. The topological polar surface area (TPSA) is 84.7 Å². The molecular weight excluding hydrogens is 461 g/mol. The summed E-state index contributed by atoms with van der Waals surface area (Å²) >= 11 is 12.2. The summed E-state index contributed by atoms with van der Waals surface area (Å²) in [5.41, 5.74) is 5.96. The Bertz CT molecular complexity index is 1040. The van der Waals surface area contributed by atoms with Crippen LogP contribution in [0.1, 0.15) is 55.5 Å². The SMILES string of the molecule is CC(C)(Oc1ccc(Cl)cc1Cl)C(=O)NC1C[C@H]2CC[C@@H](C1)N2Cc1cccc(C(N)=O)c1. The monoisotopic (exact) mass is 489 g/mol. The van der Waals surface area contributed by atoms with E-state index in [1.807, 2.05) is 18.2 Å². The first kappa shape index (κ1) is 23.9. The first-order valence-electron chi connectivity index (χ1n) is 11.2. The van der Waals surface area contributed by atoms with Crippen LogP contribution in [0.3, 0.4) is 0 Å². The van der Waals surface area contributed by atoms with Gasteiger partial charge in [0.15, 0.2) is 5.60 Å². The number of nitrogens with one attached hydrogen (secondary N) is 1. The molecule has 0 aromatic heterocycles. The van der Waals surface area contributed by atoms with Crippen LogP contribution in [-0.4, -0.2) is 40.4 Å². The molecule has 0 aliphatic carbocycles. The van der Waals surface area contributed by atoms with Crippen molar-refractivity contribution < 1.29 is 14.3 Å². The Morgan fingerprint density at radius 3 is 2.45 bits per heavy atom. The number of amides is 2. The van der Waals surface area contributed by atoms with Gasteiger partial charge < -0.3 is 15.8 Å². The van der Waals surface area contributed by atoms with Gasteiger partial charge in [-0.1, -0.05) is 35.3 Å². The normalized spacial score (nSPS) is 22.7. The Labute approximate surface area is 204 Å². The molecule has 176 valence electrons. The molecule has 0 radical (unpaired) electrons. The van der Waals surface area contributed by atoms with E-state index >= 15 is 0 Å². The molecular formula is C25H29Cl2N3O3. The van der Waals surface area contributed by atoms with Gasteiger partial charge in [0.25, 0.3) is 5.91 Å². The van der Waals surface area contributed by atoms with Gasteiger partial charge in [0.1, 0.15) is 5.75 Å². The first-order chi connectivity index (χ1) is 15.6. The summed E-state index contributed by atoms with van der Waals surface area (Å²) in [6.45, 7) is 4.26. The molecule has 6 nitrogen and oxygen atoms in total. The Morgan fingerprint density at radius 2 is 1.82 bits per heavy atom. The van der Waals surface area contributed by atoms with Crippen molar-refractivity contribution in [2.75, 3.05) is 0 Å². The van der Waals surface area contributed by atoms with Crippen molar-refractivity contribution in [2.24, 2.45) is 5.73 Å². The maximum absolute atomic E-state index is 13.1. The summed E-state index contributed by atoms with van der Waals surface area (Å²) in [5, 5.41) is 4.08. The molecule has 2 heterocycles. The number of piperidine rings is 1. The summed E-state index contributed by atoms with van der Waals surface area (Å²) in [5.74, 6) is -0.152. The van der Waals surface area contributed by atoms with Crippen molar-refractivity contribution in [2.45, 2.75) is 69.8 Å². The second-order valence-electron chi connectivity index (χ2n) is 9.45. The lowest BCUT2D eigenvalue weighted by Gasteiger charge is -2.40. The number of nitrogens with two attached hydrogens (primary N) is 1. The second-order valence-corrected chi connectivity index (χ2v) is 10.3. The van der Waals surface area contributed by atoms with Gasteiger partial charge in [-0.15, -0.1) is 0 Å². The Hall–Kier alpha value is -2.28. The first-order valence-corrected chi connectivity index (χ1v) is 12.0. The molecule has 0 spiro atoms. The van der Waals surface area contributed by atoms with Crippen molar-refractivity contribution in [3.05, 3.63) is 63.6 Å². The quantitative estimate of drug-likeness (QED) is 0.596. The van der Waals surface area contributed by atoms with Crippen LogP contribution in [0.15, 0.2) is 42.5 Å². The molecule has 8 heteroatoms. The van der Waals surface area contributed by atoms with E-state index in [0.29, 0.717) is 33.4 Å². The average Bonchev–Trinajstić information content (AvgIpc) is 2.98. The second kappa shape index (κ2) is 9.53. The van der Waals surface area contributed by atoms with E-state index in [4.69, 9.17) is 33.7 Å². The smallest absolute Gasteiger partial charge is 0.263 e. The molecule has 2 aromatic rings. The van der Waals surface area contributed by atoms with Crippen molar-refractivity contribution in [1.82, 2.24) is 10.2 Å². The molecule has 33 heavy (non-hydrogen) atoms. The van der Waals surface area contributed by atoms with E-state index in [1.165, 1.54) is 0 Å². The van der Waals surface area contributed by atoms with E-state index in [-0.39, 0.29) is 11.9 Å². The van der Waals surface area contributed by atoms with Crippen LogP contribution in [0, 0.1) is 0 Å². The number of primary amides is 1. The fraction of sp³-hybridized carbons (Fsp3) is 0.440. The van der Waals surface area contributed by atoms with Crippen molar-refractivity contribution in [3.8, 4) is 5.75 Å². The van der Waals surface area contributed by atoms with Crippen molar-refractivity contribution in [3.63, 3.8) is 0 Å². The van der Waals surface area contributed by atoms with E-state index in [1.54, 1.807) is 38.1 Å². The largest absolute Gasteiger partial charge is 0.476 e. The highest BCUT2D eigenvalue weighted by atomic mass is 35.5. The average molecular weight is 490 g/mol. The molecule has 2 amide bonds. The van der Waals surface area contributed by atoms with E-state index in [2.05, 4.69) is 10.2 Å². The van der Waals surface area contributed by atoms with Gasteiger partial charge in [0.2, 0.25) is 5.91 Å². The molecule has 1 unspecified atom stereocenters. The molecule has 2 saturated heterocycles. The van der Waals surface area contributed by atoms with Crippen LogP contribution in [0.5, 0.6) is 5.75 Å². The lowest BCUT2D eigenvalue weighted by molar-refractivity contribution is -0.135. The third-order valence-electron chi connectivity index (χ3n) is 6.60. The zero-order valence-electron chi connectivity index (χ0n) is 18.8. The summed E-state index contributed by atoms with van der Waals surface area (Å²) in [6.07, 6.45) is 3.98. The highest BCUT2D eigenvalue weighted by Crippen LogP contribution is 2.37. The zero-order chi connectivity index (χ0) is 23.8. The maximum Gasteiger partial charge on any atom is 0.263 e. The fourth-order valence-electron chi connectivity index (χ4n) is 4.92. The fourth-order valence-corrected chi connectivity index (χ4v) is 5.37. The zero-order valence-corrected chi connectivity index (χ0v) is 20.3. The van der Waals surface area contributed by atoms with E-state index in [9.17, 15) is 9.59 Å². The Kier molecular flexibility index (Phi) is 6.89. The molecule has 0 saturated carbocycles. The summed E-state index contributed by atoms with van der Waals surface area (Å²) in [6, 6.07) is 13.3. The lowest BCUT2D eigenvalue weighted by Crippen LogP contribution is -2.55. The van der Waals surface area contributed by atoms with Crippen LogP contribution in [-0.2, 0) is 11.3 Å². The van der Waals surface area contributed by atoms with Gasteiger partial charge in [-0.2, -0.15) is 0 Å². The molecule has 2 fully saturated rings. The predicted octanol–water partition coefficient (Wildman–Crippen LogP) is 4.56. The number of rotatable bonds is 7. The number of halogens is 2. The Morgan fingerprint density at radius 1 is 1.12 bits per heavy atom. The molecule has 2 aliphatic heterocycles. The van der Waals surface area contributed by atoms with Gasteiger partial charge in [-0.25, -0.2) is 0 Å². The van der Waals surface area contributed by atoms with E-state index in [0.717, 1.165) is 37.8 Å². The predicted molar refractivity (Wildman–Crippen MR) is 130 cm³/mol. The minimum absolute atomic E-state index is 0.0896. The minimum atomic E-state index is -1.08. The van der Waals surface area contributed by atoms with Crippen molar-refractivity contribution in [1.29, 1.82) is 0 Å². The van der Waals surface area contributed by atoms with Crippen LogP contribution in [0.2, 0.25) is 10.0 Å². The van der Waals surface area contributed by atoms with Crippen LogP contribution >= 0.6 is 23.2 Å². The molecule has 2 aromatic carbocycles. The molecule has 3 N–H and O–H groups in total. The standard InChI is InChI=1S/C25H29Cl2N3O3/c1-25(2,33-22-9-6-17(26)11-21(22)27)24(32)29-18-12-19-7-8-20(13-18)30(19)14-15-4-3-5-16(10-15)23(28)31/h3-6,9-11,18-20H,7-8,12-14H2,1-2H3,(H2,28,31)(H,29,32)/t18?,19-,20+. The number of benzene rings is 2. The van der Waals surface area contributed by atoms with Crippen LogP contribution < -0.4 is 15.8 Å². The summed E-state index contributed by atoms with van der Waals surface area (Å²) in [7, 11) is 0. The number of carbonyl (C=O) groups excluding carboxylic acids is 2. The van der Waals surface area contributed by atoms with E-state index < -0.39 is 11.5 Å². The minimum Gasteiger partial charge on any atom is -0.476 e. The maximum atomic E-state index is 13.1. The highest BCUT2D eigenvalue weighted by Gasteiger charge is 2.42. The number of hydrogen-bond donors (Lipinski definition) is 2. The molecule has 2 bridgehead atoms. The third kappa shape index (κ3) is 5.45. The van der Waals surface area contributed by atoms with Gasteiger partial charge in [0, 0.05) is 35.3 Å². The number of ether oxygens (including phenoxy) is 1. The third-order valence-corrected chi connectivity index (χ3v) is 7.13. The summed E-state index contributed by atoms with van der Waals surface area (Å²) in [4.78, 5) is 27.1. The molecule has 3 atom stereocenters. The van der Waals surface area contributed by atoms with Crippen LogP contribution in [0.25, 0.3) is 0 Å². The van der Waals surface area contributed by atoms with Gasteiger partial charge in [0.05, 0.1) is 5.02 Å². The van der Waals surface area contributed by atoms with Crippen LogP contribution in [0.4, 0.5) is 0 Å². The van der Waals surface area contributed by atoms with Gasteiger partial charge in [-0.05, 0) is 75.4 Å². The highest BCUT2D eigenvalue weighted by molar-refractivity contribution is 6.35. The van der Waals surface area contributed by atoms with Gasteiger partial charge in [-0.3, -0.25) is 14.5 Å². The number of nitrogens with zero attached hydrogens (tertiary/aromatic N) is 1. The van der Waals surface area contributed by atoms with Gasteiger partial charge >= 0.3 is 0 Å². The number of hydrogen-bond acceptors (Lipinski definition) is 4. The number of carbonyl (C=O) groups is 2.